The van der Waals surface area contributed by atoms with E-state index in [2.05, 4.69) is 16.4 Å². The molecule has 6 heteroatoms. The summed E-state index contributed by atoms with van der Waals surface area (Å²) >= 11 is 0. The van der Waals surface area contributed by atoms with Crippen molar-refractivity contribution in [1.29, 1.82) is 5.26 Å². The number of carbonyl (C=O) groups excluding carboxylic acids is 2. The maximum absolute atomic E-state index is 13.7. The van der Waals surface area contributed by atoms with Crippen LogP contribution in [0.3, 0.4) is 0 Å². The Morgan fingerprint density at radius 1 is 1.00 bits per heavy atom. The molecule has 0 spiro atoms. The Morgan fingerprint density at radius 2 is 1.71 bits per heavy atom. The van der Waals surface area contributed by atoms with E-state index in [4.69, 9.17) is 5.26 Å². The van der Waals surface area contributed by atoms with Crippen molar-refractivity contribution in [3.63, 3.8) is 0 Å². The fourth-order valence-electron chi connectivity index (χ4n) is 4.09. The number of benzene rings is 3. The highest BCUT2D eigenvalue weighted by molar-refractivity contribution is 6.10. The smallest absolute Gasteiger partial charge is 0.226 e. The van der Waals surface area contributed by atoms with Crippen LogP contribution in [0.5, 0.6) is 0 Å². The summed E-state index contributed by atoms with van der Waals surface area (Å²) in [6.07, 6.45) is 2.80. The van der Waals surface area contributed by atoms with E-state index in [-0.39, 0.29) is 11.7 Å². The third kappa shape index (κ3) is 5.65. The SMILES string of the molecule is CN(C)C(=O)Cc1ccc2c(C(=O)[C@@H](NCCc3ccc(C#N)cc3)c3ccccc3)c[nH]c2c1. The molecule has 4 rings (SSSR count). The molecule has 176 valence electrons. The van der Waals surface area contributed by atoms with Gasteiger partial charge in [-0.2, -0.15) is 5.26 Å². The predicted octanol–water partition coefficient (Wildman–Crippen LogP) is 4.43. The summed E-state index contributed by atoms with van der Waals surface area (Å²) in [7, 11) is 3.48. The number of amides is 1. The van der Waals surface area contributed by atoms with E-state index in [0.29, 0.717) is 24.1 Å². The van der Waals surface area contributed by atoms with E-state index < -0.39 is 6.04 Å². The Bertz CT molecular complexity index is 1370. The molecule has 0 fully saturated rings. The van der Waals surface area contributed by atoms with Crippen molar-refractivity contribution in [2.45, 2.75) is 18.9 Å². The van der Waals surface area contributed by atoms with Gasteiger partial charge in [0.1, 0.15) is 0 Å². The number of carbonyl (C=O) groups is 2. The summed E-state index contributed by atoms with van der Waals surface area (Å²) in [5, 5.41) is 13.3. The highest BCUT2D eigenvalue weighted by atomic mass is 16.2. The average molecular weight is 465 g/mol. The Balaban J connectivity index is 1.54. The van der Waals surface area contributed by atoms with E-state index in [1.54, 1.807) is 25.2 Å². The first-order chi connectivity index (χ1) is 17.0. The molecule has 0 aliphatic heterocycles. The maximum Gasteiger partial charge on any atom is 0.226 e. The number of aromatic amines is 1. The summed E-state index contributed by atoms with van der Waals surface area (Å²) in [6.45, 7) is 0.607. The molecule has 3 aromatic carbocycles. The first-order valence-corrected chi connectivity index (χ1v) is 11.6. The molecular weight excluding hydrogens is 436 g/mol. The van der Waals surface area contributed by atoms with Gasteiger partial charge >= 0.3 is 0 Å². The minimum Gasteiger partial charge on any atom is -0.360 e. The van der Waals surface area contributed by atoms with Crippen molar-refractivity contribution in [3.05, 3.63) is 107 Å². The first-order valence-electron chi connectivity index (χ1n) is 11.6. The molecule has 1 heterocycles. The lowest BCUT2D eigenvalue weighted by Gasteiger charge is -2.18. The molecule has 1 aromatic heterocycles. The number of nitrogens with zero attached hydrogens (tertiary/aromatic N) is 2. The molecule has 1 atom stereocenters. The second-order valence-corrected chi connectivity index (χ2v) is 8.77. The molecule has 0 saturated carbocycles. The van der Waals surface area contributed by atoms with E-state index >= 15 is 0 Å². The standard InChI is InChI=1S/C29H28N4O2/c1-33(2)27(34)17-22-12-13-24-25(19-32-26(24)16-22)29(35)28(23-6-4-3-5-7-23)31-15-14-20-8-10-21(18-30)11-9-20/h3-13,16,19,28,31-32H,14-15,17H2,1-2H3/t28-/m0/s1. The molecule has 0 unspecified atom stereocenters. The summed E-state index contributed by atoms with van der Waals surface area (Å²) in [5.41, 5.74) is 4.99. The van der Waals surface area contributed by atoms with Crippen LogP contribution < -0.4 is 5.32 Å². The molecule has 35 heavy (non-hydrogen) atoms. The lowest BCUT2D eigenvalue weighted by atomic mass is 9.96. The van der Waals surface area contributed by atoms with Crippen LogP contribution in [0.4, 0.5) is 0 Å². The molecule has 0 aliphatic carbocycles. The van der Waals surface area contributed by atoms with Crippen LogP contribution in [0.2, 0.25) is 0 Å². The monoisotopic (exact) mass is 464 g/mol. The minimum absolute atomic E-state index is 0.0144. The van der Waals surface area contributed by atoms with Gasteiger partial charge in [-0.25, -0.2) is 0 Å². The van der Waals surface area contributed by atoms with Crippen molar-refractivity contribution >= 4 is 22.6 Å². The topological polar surface area (TPSA) is 89.0 Å². The summed E-state index contributed by atoms with van der Waals surface area (Å²) in [6, 6.07) is 24.6. The summed E-state index contributed by atoms with van der Waals surface area (Å²) in [5.74, 6) is 0.0159. The average Bonchev–Trinajstić information content (AvgIpc) is 3.30. The fourth-order valence-corrected chi connectivity index (χ4v) is 4.09. The van der Waals surface area contributed by atoms with Gasteiger partial charge in [0, 0.05) is 43.3 Å². The van der Waals surface area contributed by atoms with Crippen LogP contribution in [-0.2, 0) is 17.6 Å². The van der Waals surface area contributed by atoms with Crippen molar-refractivity contribution in [3.8, 4) is 6.07 Å². The number of H-pyrrole nitrogens is 1. The second kappa shape index (κ2) is 10.8. The number of hydrogen-bond acceptors (Lipinski definition) is 4. The lowest BCUT2D eigenvalue weighted by molar-refractivity contribution is -0.127. The zero-order valence-corrected chi connectivity index (χ0v) is 19.9. The number of aromatic nitrogens is 1. The van der Waals surface area contributed by atoms with Gasteiger partial charge < -0.3 is 15.2 Å². The maximum atomic E-state index is 13.7. The fraction of sp³-hybridized carbons (Fsp3) is 0.207. The largest absolute Gasteiger partial charge is 0.360 e. The molecular formula is C29H28N4O2. The molecule has 0 saturated heterocycles. The molecule has 2 N–H and O–H groups in total. The van der Waals surface area contributed by atoms with Gasteiger partial charge in [-0.1, -0.05) is 54.6 Å². The Labute approximate surface area is 205 Å². The zero-order chi connectivity index (χ0) is 24.8. The van der Waals surface area contributed by atoms with Crippen LogP contribution in [0.25, 0.3) is 10.9 Å². The molecule has 0 radical (unpaired) electrons. The number of nitriles is 1. The van der Waals surface area contributed by atoms with Crippen LogP contribution in [0, 0.1) is 11.3 Å². The number of nitrogens with one attached hydrogen (secondary N) is 2. The van der Waals surface area contributed by atoms with Gasteiger partial charge in [0.2, 0.25) is 5.91 Å². The van der Waals surface area contributed by atoms with Gasteiger partial charge in [0.15, 0.2) is 5.78 Å². The molecule has 0 bridgehead atoms. The number of fused-ring (bicyclic) bond motifs is 1. The van der Waals surface area contributed by atoms with Crippen LogP contribution in [0.1, 0.15) is 38.7 Å². The van der Waals surface area contributed by atoms with Crippen molar-refractivity contribution < 1.29 is 9.59 Å². The van der Waals surface area contributed by atoms with Crippen molar-refractivity contribution in [2.75, 3.05) is 20.6 Å². The first kappa shape index (κ1) is 23.9. The van der Waals surface area contributed by atoms with Gasteiger partial charge in [0.25, 0.3) is 0 Å². The number of likely N-dealkylation sites (N-methyl/N-ethyl adjacent to an activating group) is 1. The highest BCUT2D eigenvalue weighted by Gasteiger charge is 2.24. The van der Waals surface area contributed by atoms with Gasteiger partial charge in [-0.15, -0.1) is 0 Å². The van der Waals surface area contributed by atoms with Gasteiger partial charge in [0.05, 0.1) is 24.1 Å². The molecule has 6 nitrogen and oxygen atoms in total. The third-order valence-electron chi connectivity index (χ3n) is 6.11. The van der Waals surface area contributed by atoms with Crippen molar-refractivity contribution in [2.24, 2.45) is 0 Å². The Kier molecular flexibility index (Phi) is 7.39. The second-order valence-electron chi connectivity index (χ2n) is 8.77. The lowest BCUT2D eigenvalue weighted by Crippen LogP contribution is -2.30. The number of ketones is 1. The van der Waals surface area contributed by atoms with E-state index in [0.717, 1.165) is 34.0 Å². The van der Waals surface area contributed by atoms with E-state index in [9.17, 15) is 9.59 Å². The van der Waals surface area contributed by atoms with E-state index in [1.165, 1.54) is 0 Å². The van der Waals surface area contributed by atoms with Crippen LogP contribution in [0.15, 0.2) is 79.0 Å². The third-order valence-corrected chi connectivity index (χ3v) is 6.11. The minimum atomic E-state index is -0.497. The van der Waals surface area contributed by atoms with Gasteiger partial charge in [-0.3, -0.25) is 9.59 Å². The normalized spacial score (nSPS) is 11.7. The van der Waals surface area contributed by atoms with Crippen LogP contribution in [-0.4, -0.2) is 42.2 Å². The zero-order valence-electron chi connectivity index (χ0n) is 19.9. The Morgan fingerprint density at radius 3 is 2.40 bits per heavy atom. The quantitative estimate of drug-likeness (QED) is 0.359. The van der Waals surface area contributed by atoms with Crippen LogP contribution >= 0.6 is 0 Å². The number of Topliss-reactive ketones (excluding diaryl/α,β-unsaturated/α-hetero) is 1. The summed E-state index contributed by atoms with van der Waals surface area (Å²) in [4.78, 5) is 30.6. The predicted molar refractivity (Wildman–Crippen MR) is 137 cm³/mol. The number of hydrogen-bond donors (Lipinski definition) is 2. The molecule has 4 aromatic rings. The molecule has 0 aliphatic rings. The van der Waals surface area contributed by atoms with Gasteiger partial charge in [-0.05, 0) is 41.3 Å². The molecule has 1 amide bonds. The highest BCUT2D eigenvalue weighted by Crippen LogP contribution is 2.26. The summed E-state index contributed by atoms with van der Waals surface area (Å²) < 4.78 is 0. The van der Waals surface area contributed by atoms with E-state index in [1.807, 2.05) is 72.8 Å². The Hall–Kier alpha value is -4.21. The van der Waals surface area contributed by atoms with Crippen molar-refractivity contribution in [1.82, 2.24) is 15.2 Å². The number of rotatable bonds is 9.